The highest BCUT2D eigenvalue weighted by Crippen LogP contribution is 2.11. The van der Waals surface area contributed by atoms with Gasteiger partial charge in [-0.25, -0.2) is 0 Å². The van der Waals surface area contributed by atoms with Crippen LogP contribution in [0.1, 0.15) is 32.3 Å². The number of nitrogens with one attached hydrogen (secondary N) is 1. The highest BCUT2D eigenvalue weighted by atomic mass is 79.9. The molecular weight excluding hydrogens is 306 g/mol. The van der Waals surface area contributed by atoms with Crippen LogP contribution in [0.3, 0.4) is 0 Å². The van der Waals surface area contributed by atoms with Gasteiger partial charge >= 0.3 is 0 Å². The first-order valence-corrected chi connectivity index (χ1v) is 7.46. The van der Waals surface area contributed by atoms with Crippen molar-refractivity contribution in [2.45, 2.75) is 39.2 Å². The molecule has 0 aliphatic heterocycles. The van der Waals surface area contributed by atoms with E-state index in [-0.39, 0.29) is 12.0 Å². The maximum atomic E-state index is 11.7. The zero-order valence-corrected chi connectivity index (χ0v) is 13.1. The summed E-state index contributed by atoms with van der Waals surface area (Å²) in [7, 11) is 0. The molecule has 0 fully saturated rings. The lowest BCUT2D eigenvalue weighted by molar-refractivity contribution is -0.121. The minimum atomic E-state index is -0.310. The molecule has 0 saturated carbocycles. The van der Waals surface area contributed by atoms with E-state index in [0.717, 1.165) is 16.5 Å². The number of hydrogen-bond acceptors (Lipinski definition) is 2. The van der Waals surface area contributed by atoms with Crippen molar-refractivity contribution in [1.82, 2.24) is 5.32 Å². The Morgan fingerprint density at radius 1 is 1.32 bits per heavy atom. The van der Waals surface area contributed by atoms with E-state index in [0.29, 0.717) is 25.3 Å². The van der Waals surface area contributed by atoms with Crippen LogP contribution in [-0.4, -0.2) is 23.7 Å². The van der Waals surface area contributed by atoms with Crippen LogP contribution >= 0.6 is 15.9 Å². The lowest BCUT2D eigenvalue weighted by Crippen LogP contribution is -2.29. The van der Waals surface area contributed by atoms with E-state index in [4.69, 9.17) is 0 Å². The van der Waals surface area contributed by atoms with Gasteiger partial charge < -0.3 is 10.4 Å². The van der Waals surface area contributed by atoms with Crippen LogP contribution in [0.4, 0.5) is 0 Å². The van der Waals surface area contributed by atoms with Crippen molar-refractivity contribution in [2.75, 3.05) is 6.54 Å². The van der Waals surface area contributed by atoms with Gasteiger partial charge in [-0.15, -0.1) is 0 Å². The Morgan fingerprint density at radius 3 is 2.53 bits per heavy atom. The molecule has 106 valence electrons. The van der Waals surface area contributed by atoms with Gasteiger partial charge in [0.05, 0.1) is 6.10 Å². The van der Waals surface area contributed by atoms with E-state index in [2.05, 4.69) is 21.2 Å². The number of carbonyl (C=O) groups excluding carboxylic acids is 1. The number of aliphatic hydroxyl groups is 1. The second kappa shape index (κ2) is 8.33. The number of aryl methyl sites for hydroxylation is 1. The number of benzene rings is 1. The fraction of sp³-hybridized carbons (Fsp3) is 0.533. The summed E-state index contributed by atoms with van der Waals surface area (Å²) >= 11 is 3.39. The Bertz CT molecular complexity index is 390. The van der Waals surface area contributed by atoms with Gasteiger partial charge in [-0.2, -0.15) is 0 Å². The first-order valence-electron chi connectivity index (χ1n) is 6.66. The average molecular weight is 328 g/mol. The number of carbonyl (C=O) groups is 1. The fourth-order valence-corrected chi connectivity index (χ4v) is 2.22. The van der Waals surface area contributed by atoms with E-state index in [9.17, 15) is 9.90 Å². The van der Waals surface area contributed by atoms with Gasteiger partial charge in [0.2, 0.25) is 5.91 Å². The van der Waals surface area contributed by atoms with Crippen molar-refractivity contribution in [3.63, 3.8) is 0 Å². The SMILES string of the molecule is CC(O)CC(C)CNC(=O)CCc1ccc(Br)cc1. The third-order valence-corrected chi connectivity index (χ3v) is 3.47. The second-order valence-electron chi connectivity index (χ2n) is 5.12. The molecule has 0 saturated heterocycles. The Labute approximate surface area is 123 Å². The molecule has 2 atom stereocenters. The summed E-state index contributed by atoms with van der Waals surface area (Å²) in [5.41, 5.74) is 1.16. The molecule has 19 heavy (non-hydrogen) atoms. The van der Waals surface area contributed by atoms with Crippen molar-refractivity contribution in [3.8, 4) is 0 Å². The van der Waals surface area contributed by atoms with Gasteiger partial charge in [0, 0.05) is 17.4 Å². The summed E-state index contributed by atoms with van der Waals surface area (Å²) in [4.78, 5) is 11.7. The molecule has 0 aliphatic carbocycles. The van der Waals surface area contributed by atoms with Crippen molar-refractivity contribution in [2.24, 2.45) is 5.92 Å². The number of aliphatic hydroxyl groups excluding tert-OH is 1. The third-order valence-electron chi connectivity index (χ3n) is 2.95. The van der Waals surface area contributed by atoms with Crippen molar-refractivity contribution in [1.29, 1.82) is 0 Å². The third kappa shape index (κ3) is 7.33. The molecule has 0 aliphatic rings. The Kier molecular flexibility index (Phi) is 7.10. The quantitative estimate of drug-likeness (QED) is 0.809. The van der Waals surface area contributed by atoms with Crippen LogP contribution < -0.4 is 5.32 Å². The van der Waals surface area contributed by atoms with Crippen LogP contribution in [0.15, 0.2) is 28.7 Å². The predicted molar refractivity (Wildman–Crippen MR) is 80.9 cm³/mol. The van der Waals surface area contributed by atoms with Crippen LogP contribution in [0, 0.1) is 5.92 Å². The first-order chi connectivity index (χ1) is 8.97. The van der Waals surface area contributed by atoms with Gasteiger partial charge in [-0.1, -0.05) is 35.0 Å². The molecule has 2 N–H and O–H groups in total. The van der Waals surface area contributed by atoms with Gasteiger partial charge in [-0.3, -0.25) is 4.79 Å². The lowest BCUT2D eigenvalue weighted by atomic mass is 10.0. The maximum absolute atomic E-state index is 11.7. The summed E-state index contributed by atoms with van der Waals surface area (Å²) in [5.74, 6) is 0.372. The van der Waals surface area contributed by atoms with Crippen molar-refractivity contribution in [3.05, 3.63) is 34.3 Å². The summed E-state index contributed by atoms with van der Waals surface area (Å²) in [5, 5.41) is 12.2. The van der Waals surface area contributed by atoms with Gasteiger partial charge in [0.1, 0.15) is 0 Å². The molecule has 1 aromatic carbocycles. The van der Waals surface area contributed by atoms with Crippen molar-refractivity contribution < 1.29 is 9.90 Å². The molecule has 0 aromatic heterocycles. The molecule has 3 nitrogen and oxygen atoms in total. The molecule has 1 amide bonds. The topological polar surface area (TPSA) is 49.3 Å². The van der Waals surface area contributed by atoms with E-state index >= 15 is 0 Å². The molecular formula is C15H22BrNO2. The second-order valence-corrected chi connectivity index (χ2v) is 6.04. The number of halogens is 1. The smallest absolute Gasteiger partial charge is 0.220 e. The Morgan fingerprint density at radius 2 is 1.95 bits per heavy atom. The zero-order chi connectivity index (χ0) is 14.3. The molecule has 2 unspecified atom stereocenters. The molecule has 0 heterocycles. The fourth-order valence-electron chi connectivity index (χ4n) is 1.95. The summed E-state index contributed by atoms with van der Waals surface area (Å²) in [6, 6.07) is 8.01. The first kappa shape index (κ1) is 16.2. The number of hydrogen-bond donors (Lipinski definition) is 2. The average Bonchev–Trinajstić information content (AvgIpc) is 2.35. The van der Waals surface area contributed by atoms with Gasteiger partial charge in [0.15, 0.2) is 0 Å². The summed E-state index contributed by atoms with van der Waals surface area (Å²) in [6.45, 7) is 4.43. The Hall–Kier alpha value is -0.870. The monoisotopic (exact) mass is 327 g/mol. The molecule has 1 rings (SSSR count). The number of rotatable bonds is 7. The predicted octanol–water partition coefficient (Wildman–Crippen LogP) is 2.90. The molecule has 4 heteroatoms. The van der Waals surface area contributed by atoms with E-state index in [1.807, 2.05) is 31.2 Å². The standard InChI is InChI=1S/C15H22BrNO2/c1-11(9-12(2)18)10-17-15(19)8-5-13-3-6-14(16)7-4-13/h3-4,6-7,11-12,18H,5,8-10H2,1-2H3,(H,17,19). The Balaban J connectivity index is 2.22. The van der Waals surface area contributed by atoms with Crippen LogP contribution in [0.25, 0.3) is 0 Å². The van der Waals surface area contributed by atoms with E-state index in [1.54, 1.807) is 6.92 Å². The summed E-state index contributed by atoms with van der Waals surface area (Å²) in [6.07, 6.45) is 1.66. The zero-order valence-electron chi connectivity index (χ0n) is 11.5. The minimum absolute atomic E-state index is 0.0698. The highest BCUT2D eigenvalue weighted by molar-refractivity contribution is 9.10. The van der Waals surface area contributed by atoms with Gasteiger partial charge in [0.25, 0.3) is 0 Å². The van der Waals surface area contributed by atoms with Gasteiger partial charge in [-0.05, 0) is 43.4 Å². The van der Waals surface area contributed by atoms with Crippen LogP contribution in [0.2, 0.25) is 0 Å². The maximum Gasteiger partial charge on any atom is 0.220 e. The molecule has 0 radical (unpaired) electrons. The highest BCUT2D eigenvalue weighted by Gasteiger charge is 2.08. The van der Waals surface area contributed by atoms with Crippen molar-refractivity contribution >= 4 is 21.8 Å². The molecule has 0 spiro atoms. The van der Waals surface area contributed by atoms with Crippen LogP contribution in [0.5, 0.6) is 0 Å². The normalized spacial score (nSPS) is 13.9. The van der Waals surface area contributed by atoms with E-state index in [1.165, 1.54) is 0 Å². The summed E-state index contributed by atoms with van der Waals surface area (Å²) < 4.78 is 1.05. The molecule has 1 aromatic rings. The lowest BCUT2D eigenvalue weighted by Gasteiger charge is -2.14. The molecule has 0 bridgehead atoms. The number of amides is 1. The van der Waals surface area contributed by atoms with Crippen LogP contribution in [-0.2, 0) is 11.2 Å². The van der Waals surface area contributed by atoms with E-state index < -0.39 is 0 Å². The minimum Gasteiger partial charge on any atom is -0.393 e. The largest absolute Gasteiger partial charge is 0.393 e.